The summed E-state index contributed by atoms with van der Waals surface area (Å²) in [4.78, 5) is 12.7. The van der Waals surface area contributed by atoms with E-state index in [-0.39, 0.29) is 41.8 Å². The summed E-state index contributed by atoms with van der Waals surface area (Å²) < 4.78 is 16.2. The molecular weight excluding hydrogens is 454 g/mol. The van der Waals surface area contributed by atoms with Gasteiger partial charge in [-0.3, -0.25) is 4.79 Å². The van der Waals surface area contributed by atoms with Crippen LogP contribution in [0.5, 0.6) is 5.75 Å². The molecule has 3 rings (SSSR count). The Kier molecular flexibility index (Phi) is 7.92. The molecule has 32 heavy (non-hydrogen) atoms. The molecule has 1 heterocycles. The zero-order valence-electron chi connectivity index (χ0n) is 17.7. The Morgan fingerprint density at radius 2 is 1.91 bits per heavy atom. The number of aromatic nitrogens is 2. The van der Waals surface area contributed by atoms with Crippen molar-refractivity contribution >= 4 is 29.9 Å². The number of benzene rings is 2. The number of nitrogens with two attached hydrogens (primary N) is 1. The van der Waals surface area contributed by atoms with Gasteiger partial charge >= 0.3 is 0 Å². The number of carbonyl (C=O) groups is 1. The molecule has 1 aromatic heterocycles. The molecule has 168 valence electrons. The van der Waals surface area contributed by atoms with Gasteiger partial charge in [0.05, 0.1) is 6.54 Å². The number of hydrogen-bond acceptors (Lipinski definition) is 4. The second-order valence-corrected chi connectivity index (χ2v) is 8.28. The average Bonchev–Trinajstić information content (AvgIpc) is 3.03. The molecule has 3 aromatic rings. The third kappa shape index (κ3) is 5.60. The lowest BCUT2D eigenvalue weighted by molar-refractivity contribution is 0.0911. The summed E-state index contributed by atoms with van der Waals surface area (Å²) >= 11 is 5.98. The molecule has 0 aliphatic heterocycles. The van der Waals surface area contributed by atoms with E-state index in [0.717, 1.165) is 0 Å². The fourth-order valence-corrected chi connectivity index (χ4v) is 3.04. The van der Waals surface area contributed by atoms with Crippen molar-refractivity contribution in [2.45, 2.75) is 26.3 Å². The summed E-state index contributed by atoms with van der Waals surface area (Å²) in [5.41, 5.74) is 5.76. The van der Waals surface area contributed by atoms with Crippen molar-refractivity contribution in [1.82, 2.24) is 15.1 Å². The van der Waals surface area contributed by atoms with Crippen LogP contribution in [0.3, 0.4) is 0 Å². The van der Waals surface area contributed by atoms with Gasteiger partial charge in [-0.15, -0.1) is 12.4 Å². The largest absolute Gasteiger partial charge is 0.504 e. The van der Waals surface area contributed by atoms with Gasteiger partial charge in [0.1, 0.15) is 17.2 Å². The SMILES string of the molecule is CC(C)(C)NC(=O)c1nn(-c2ccc(C#CCN)cc2F)c(-c2ccc(Cl)cc2)c1O.Cl. The minimum atomic E-state index is -0.621. The Morgan fingerprint density at radius 3 is 2.47 bits per heavy atom. The summed E-state index contributed by atoms with van der Waals surface area (Å²) in [6, 6.07) is 10.9. The van der Waals surface area contributed by atoms with Crippen molar-refractivity contribution in [2.24, 2.45) is 5.73 Å². The van der Waals surface area contributed by atoms with Crippen LogP contribution in [0.4, 0.5) is 4.39 Å². The van der Waals surface area contributed by atoms with Gasteiger partial charge in [-0.05, 0) is 51.1 Å². The van der Waals surface area contributed by atoms with E-state index in [1.165, 1.54) is 16.8 Å². The van der Waals surface area contributed by atoms with E-state index in [0.29, 0.717) is 16.1 Å². The fourth-order valence-electron chi connectivity index (χ4n) is 2.91. The summed E-state index contributed by atoms with van der Waals surface area (Å²) in [5, 5.41) is 18.4. The third-order valence-electron chi connectivity index (χ3n) is 4.19. The first-order valence-corrected chi connectivity index (χ1v) is 9.88. The van der Waals surface area contributed by atoms with E-state index in [1.807, 2.05) is 0 Å². The standard InChI is InChI=1S/C23H22ClFN4O2.ClH/c1-23(2,3)27-22(31)19-21(30)20(15-7-9-16(24)10-8-15)29(28-19)18-11-6-14(5-4-12-26)13-17(18)25;/h6-11,13,30H,12,26H2,1-3H3,(H,27,31);1H. The van der Waals surface area contributed by atoms with Crippen LogP contribution >= 0.6 is 24.0 Å². The summed E-state index contributed by atoms with van der Waals surface area (Å²) in [6.45, 7) is 5.57. The molecule has 0 aliphatic carbocycles. The lowest BCUT2D eigenvalue weighted by Crippen LogP contribution is -2.40. The van der Waals surface area contributed by atoms with E-state index in [1.54, 1.807) is 51.1 Å². The Balaban J connectivity index is 0.00000363. The maximum Gasteiger partial charge on any atom is 0.276 e. The molecule has 0 radical (unpaired) electrons. The Hall–Kier alpha value is -3.05. The predicted octanol–water partition coefficient (Wildman–Crippen LogP) is 4.30. The zero-order chi connectivity index (χ0) is 22.8. The molecule has 4 N–H and O–H groups in total. The maximum absolute atomic E-state index is 15.0. The molecule has 0 saturated carbocycles. The Labute approximate surface area is 197 Å². The number of nitrogens with zero attached hydrogens (tertiary/aromatic N) is 2. The van der Waals surface area contributed by atoms with Crippen LogP contribution in [-0.4, -0.2) is 32.9 Å². The van der Waals surface area contributed by atoms with Gasteiger partial charge in [0.2, 0.25) is 0 Å². The van der Waals surface area contributed by atoms with Crippen LogP contribution in [0.1, 0.15) is 36.8 Å². The number of rotatable bonds is 3. The van der Waals surface area contributed by atoms with Gasteiger partial charge < -0.3 is 16.2 Å². The van der Waals surface area contributed by atoms with Crippen molar-refractivity contribution in [3.8, 4) is 34.5 Å². The van der Waals surface area contributed by atoms with Crippen molar-refractivity contribution in [1.29, 1.82) is 0 Å². The van der Waals surface area contributed by atoms with Crippen molar-refractivity contribution in [3.05, 3.63) is 64.6 Å². The maximum atomic E-state index is 15.0. The molecule has 0 saturated heterocycles. The molecule has 9 heteroatoms. The number of carbonyl (C=O) groups excluding carboxylic acids is 1. The van der Waals surface area contributed by atoms with E-state index < -0.39 is 17.3 Å². The van der Waals surface area contributed by atoms with Crippen LogP contribution in [0.2, 0.25) is 5.02 Å². The first kappa shape index (κ1) is 25.2. The summed E-state index contributed by atoms with van der Waals surface area (Å²) in [5.74, 6) is 3.87. The van der Waals surface area contributed by atoms with Gasteiger partial charge in [-0.1, -0.05) is 35.6 Å². The van der Waals surface area contributed by atoms with Crippen molar-refractivity contribution < 1.29 is 14.3 Å². The highest BCUT2D eigenvalue weighted by Gasteiger charge is 2.27. The van der Waals surface area contributed by atoms with E-state index in [2.05, 4.69) is 22.3 Å². The number of hydrogen-bond donors (Lipinski definition) is 3. The number of aromatic hydroxyl groups is 1. The van der Waals surface area contributed by atoms with Crippen LogP contribution in [0.25, 0.3) is 16.9 Å². The van der Waals surface area contributed by atoms with E-state index in [4.69, 9.17) is 17.3 Å². The Morgan fingerprint density at radius 1 is 1.25 bits per heavy atom. The molecule has 0 unspecified atom stereocenters. The number of amides is 1. The van der Waals surface area contributed by atoms with Gasteiger partial charge in [0.15, 0.2) is 11.4 Å². The average molecular weight is 477 g/mol. The first-order chi connectivity index (χ1) is 14.6. The molecule has 2 aromatic carbocycles. The summed E-state index contributed by atoms with van der Waals surface area (Å²) in [7, 11) is 0. The Bertz CT molecular complexity index is 1190. The monoisotopic (exact) mass is 476 g/mol. The molecule has 0 bridgehead atoms. The van der Waals surface area contributed by atoms with Crippen LogP contribution in [-0.2, 0) is 0 Å². The number of halogens is 3. The third-order valence-corrected chi connectivity index (χ3v) is 4.44. The molecule has 6 nitrogen and oxygen atoms in total. The second-order valence-electron chi connectivity index (χ2n) is 7.84. The molecular formula is C23H23Cl2FN4O2. The lowest BCUT2D eigenvalue weighted by atomic mass is 10.1. The van der Waals surface area contributed by atoms with E-state index in [9.17, 15) is 14.3 Å². The highest BCUT2D eigenvalue weighted by Crippen LogP contribution is 2.36. The minimum absolute atomic E-state index is 0. The van der Waals surface area contributed by atoms with Crippen molar-refractivity contribution in [3.63, 3.8) is 0 Å². The highest BCUT2D eigenvalue weighted by molar-refractivity contribution is 6.30. The second kappa shape index (κ2) is 10.0. The molecule has 0 aliphatic rings. The van der Waals surface area contributed by atoms with Crippen LogP contribution < -0.4 is 11.1 Å². The highest BCUT2D eigenvalue weighted by atomic mass is 35.5. The predicted molar refractivity (Wildman–Crippen MR) is 126 cm³/mol. The minimum Gasteiger partial charge on any atom is -0.504 e. The molecule has 1 amide bonds. The van der Waals surface area contributed by atoms with Crippen LogP contribution in [0, 0.1) is 17.7 Å². The molecule has 0 fully saturated rings. The van der Waals surface area contributed by atoms with Gasteiger partial charge in [0, 0.05) is 21.7 Å². The molecule has 0 spiro atoms. The topological polar surface area (TPSA) is 93.2 Å². The van der Waals surface area contributed by atoms with Gasteiger partial charge in [-0.2, -0.15) is 5.10 Å². The summed E-state index contributed by atoms with van der Waals surface area (Å²) in [6.07, 6.45) is 0. The molecule has 0 atom stereocenters. The van der Waals surface area contributed by atoms with E-state index >= 15 is 0 Å². The van der Waals surface area contributed by atoms with Crippen molar-refractivity contribution in [2.75, 3.05) is 6.54 Å². The smallest absolute Gasteiger partial charge is 0.276 e. The normalized spacial score (nSPS) is 10.7. The van der Waals surface area contributed by atoms with Gasteiger partial charge in [0.25, 0.3) is 5.91 Å². The zero-order valence-corrected chi connectivity index (χ0v) is 19.3. The first-order valence-electron chi connectivity index (χ1n) is 9.50. The fraction of sp³-hybridized carbons (Fsp3) is 0.217. The van der Waals surface area contributed by atoms with Crippen LogP contribution in [0.15, 0.2) is 42.5 Å². The number of nitrogens with one attached hydrogen (secondary N) is 1. The lowest BCUT2D eigenvalue weighted by Gasteiger charge is -2.19. The quantitative estimate of drug-likeness (QED) is 0.491. The van der Waals surface area contributed by atoms with Gasteiger partial charge in [-0.25, -0.2) is 9.07 Å².